The predicted molar refractivity (Wildman–Crippen MR) is 219 cm³/mol. The Morgan fingerprint density at radius 2 is 1.15 bits per heavy atom. The van der Waals surface area contributed by atoms with Crippen LogP contribution in [0.2, 0.25) is 36.3 Å². The molecule has 7 heterocycles. The van der Waals surface area contributed by atoms with Gasteiger partial charge in [0.2, 0.25) is 5.95 Å². The Labute approximate surface area is 346 Å². The number of imidazole rings is 2. The second-order valence-corrected chi connectivity index (χ2v) is 30.6. The van der Waals surface area contributed by atoms with Crippen LogP contribution in [0.15, 0.2) is 22.2 Å². The first-order valence-corrected chi connectivity index (χ1v) is 28.0. The zero-order valence-electron chi connectivity index (χ0n) is 35.1. The molecule has 7 rings (SSSR count). The number of ether oxygens (including phenoxy) is 2. The summed E-state index contributed by atoms with van der Waals surface area (Å²) >= 11 is 0. The molecule has 0 aromatic carbocycles. The first-order valence-electron chi connectivity index (χ1n) is 19.2. The molecule has 3 fully saturated rings. The molecule has 0 saturated carbocycles. The summed E-state index contributed by atoms with van der Waals surface area (Å²) in [4.78, 5) is 70.7. The second-order valence-electron chi connectivity index (χ2n) is 18.2. The maximum absolute atomic E-state index is 14.1. The van der Waals surface area contributed by atoms with Crippen LogP contribution in [-0.2, 0) is 45.6 Å². The highest BCUT2D eigenvalue weighted by Gasteiger charge is 2.58. The minimum Gasteiger partial charge on any atom is -0.407 e. The van der Waals surface area contributed by atoms with Crippen LogP contribution in [0.5, 0.6) is 0 Å². The molecule has 332 valence electrons. The lowest BCUT2D eigenvalue weighted by atomic mass is 10.1. The van der Waals surface area contributed by atoms with Crippen molar-refractivity contribution in [2.45, 2.75) is 134 Å². The van der Waals surface area contributed by atoms with Gasteiger partial charge in [-0.1, -0.05) is 41.5 Å². The van der Waals surface area contributed by atoms with Crippen molar-refractivity contribution in [1.29, 1.82) is 0 Å². The number of nitrogens with two attached hydrogens (primary N) is 1. The van der Waals surface area contributed by atoms with E-state index in [9.17, 15) is 28.5 Å². The molecule has 0 spiro atoms. The van der Waals surface area contributed by atoms with Crippen LogP contribution in [0, 0.1) is 6.92 Å². The summed E-state index contributed by atoms with van der Waals surface area (Å²) in [5.41, 5.74) is 4.82. The number of aromatic amines is 2. The SMILES string of the molecule is Cc1nc2c(ncn2[C@@H]2O[C@@H]3COP(=O)(O)O[C@@H]4C(O[Si](C)(C)C(C)(C)C)[C@H](n5cnc6c(=O)[nH]c(N)nc65)O[C@@H]4COP(=O)(O)OC3[C@@H]2O[Si](C)(C)C(C)(C)C)c(=O)[nH]1. The van der Waals surface area contributed by atoms with Crippen molar-refractivity contribution < 1.29 is 55.3 Å². The van der Waals surface area contributed by atoms with Crippen molar-refractivity contribution in [3.63, 3.8) is 0 Å². The maximum atomic E-state index is 14.1. The smallest absolute Gasteiger partial charge is 0.407 e. The molecule has 0 bridgehead atoms. The molecule has 60 heavy (non-hydrogen) atoms. The number of hydrogen-bond donors (Lipinski definition) is 5. The fraction of sp³-hybridized carbons (Fsp3) is 0.697. The number of anilines is 1. The molecule has 3 saturated heterocycles. The third-order valence-corrected chi connectivity index (χ3v) is 22.8. The molecule has 23 nitrogen and oxygen atoms in total. The number of H-pyrrole nitrogens is 2. The monoisotopic (exact) mass is 917 g/mol. The Kier molecular flexibility index (Phi) is 11.5. The summed E-state index contributed by atoms with van der Waals surface area (Å²) in [7, 11) is -15.8. The van der Waals surface area contributed by atoms with Gasteiger partial charge in [-0.25, -0.2) is 24.1 Å². The van der Waals surface area contributed by atoms with Gasteiger partial charge in [0.15, 0.2) is 51.4 Å². The number of nitrogens with one attached hydrogen (secondary N) is 2. The van der Waals surface area contributed by atoms with E-state index >= 15 is 0 Å². The van der Waals surface area contributed by atoms with Crippen molar-refractivity contribution in [2.24, 2.45) is 0 Å². The molecule has 0 amide bonds. The van der Waals surface area contributed by atoms with Crippen LogP contribution in [0.25, 0.3) is 22.3 Å². The Hall–Kier alpha value is -3.01. The average Bonchev–Trinajstić information content (AvgIpc) is 3.86. The first kappa shape index (κ1) is 45.0. The van der Waals surface area contributed by atoms with Crippen LogP contribution < -0.4 is 16.9 Å². The number of rotatable bonds is 6. The minimum atomic E-state index is -5.11. The Morgan fingerprint density at radius 3 is 1.57 bits per heavy atom. The van der Waals surface area contributed by atoms with E-state index in [1.54, 1.807) is 6.92 Å². The van der Waals surface area contributed by atoms with Crippen molar-refractivity contribution in [3.8, 4) is 0 Å². The zero-order valence-corrected chi connectivity index (χ0v) is 38.9. The highest BCUT2D eigenvalue weighted by molar-refractivity contribution is 7.47. The number of nitrogen functional groups attached to an aromatic ring is 1. The maximum Gasteiger partial charge on any atom is 0.472 e. The van der Waals surface area contributed by atoms with Gasteiger partial charge in [0.25, 0.3) is 11.1 Å². The molecular formula is C33H53N9O14P2Si2. The van der Waals surface area contributed by atoms with Crippen molar-refractivity contribution >= 4 is 60.6 Å². The quantitative estimate of drug-likeness (QED) is 0.136. The van der Waals surface area contributed by atoms with Crippen molar-refractivity contribution in [2.75, 3.05) is 18.9 Å². The van der Waals surface area contributed by atoms with E-state index in [1.807, 2.05) is 67.7 Å². The fourth-order valence-corrected chi connectivity index (χ4v) is 11.2. The molecule has 4 unspecified atom stereocenters. The summed E-state index contributed by atoms with van der Waals surface area (Å²) in [6, 6.07) is 0. The summed E-state index contributed by atoms with van der Waals surface area (Å²) in [5, 5.41) is -0.794. The third kappa shape index (κ3) is 8.54. The topological polar surface area (TPSA) is 302 Å². The zero-order chi connectivity index (χ0) is 44.1. The largest absolute Gasteiger partial charge is 0.472 e. The van der Waals surface area contributed by atoms with E-state index in [2.05, 4.69) is 29.9 Å². The molecule has 0 aliphatic carbocycles. The van der Waals surface area contributed by atoms with Crippen LogP contribution in [-0.4, -0.2) is 115 Å². The van der Waals surface area contributed by atoms with E-state index in [1.165, 1.54) is 21.8 Å². The van der Waals surface area contributed by atoms with E-state index < -0.39 is 116 Å². The van der Waals surface area contributed by atoms with Crippen LogP contribution in [0.3, 0.4) is 0 Å². The molecule has 3 aliphatic heterocycles. The number of aryl methyl sites for hydroxylation is 1. The van der Waals surface area contributed by atoms with E-state index in [0.29, 0.717) is 0 Å². The van der Waals surface area contributed by atoms with Crippen LogP contribution in [0.1, 0.15) is 59.8 Å². The van der Waals surface area contributed by atoms with Crippen molar-refractivity contribution in [1.82, 2.24) is 39.0 Å². The predicted octanol–water partition coefficient (Wildman–Crippen LogP) is 3.74. The van der Waals surface area contributed by atoms with Gasteiger partial charge in [-0.15, -0.1) is 0 Å². The number of fused-ring (bicyclic) bond motifs is 4. The van der Waals surface area contributed by atoms with Gasteiger partial charge < -0.3 is 38.8 Å². The summed E-state index contributed by atoms with van der Waals surface area (Å²) < 4.78 is 80.7. The first-order chi connectivity index (χ1) is 27.6. The van der Waals surface area contributed by atoms with Gasteiger partial charge in [-0.3, -0.25) is 41.8 Å². The van der Waals surface area contributed by atoms with Gasteiger partial charge in [-0.05, 0) is 43.2 Å². The van der Waals surface area contributed by atoms with E-state index in [0.717, 1.165) is 0 Å². The third-order valence-electron chi connectivity index (χ3n) is 11.9. The van der Waals surface area contributed by atoms with Crippen LogP contribution >= 0.6 is 15.6 Å². The standard InChI is InChI=1S/C33H53N9O14P2Si2/c1-16-37-25-19(27(43)38-16)35-14-41(25)29-23(55-59(8,9)32(2,3)4)21-17(51-29)12-49-58(47,48)54-22-18(13-50-57(45,46)53-21)52-30(24(22)56-60(10,11)33(5,6)7)42-15-36-20-26(42)39-31(34)40-28(20)44/h14-15,17-18,21-24,29-30H,12-13H2,1-11H3,(H,45,46)(H,47,48)(H,37,38,43)(H3,34,39,40,44)/t17-,18-,21?,22+,23+,24?,29-,30-/m1/s1. The lowest BCUT2D eigenvalue weighted by Crippen LogP contribution is -2.50. The van der Waals surface area contributed by atoms with Gasteiger partial charge in [-0.2, -0.15) is 4.98 Å². The summed E-state index contributed by atoms with van der Waals surface area (Å²) in [6.45, 7) is 19.8. The normalized spacial score (nSPS) is 32.5. The molecule has 4 aromatic rings. The van der Waals surface area contributed by atoms with Gasteiger partial charge in [0, 0.05) is 0 Å². The van der Waals surface area contributed by atoms with E-state index in [4.69, 9.17) is 42.2 Å². The number of nitrogens with zero attached hydrogens (tertiary/aromatic N) is 6. The Balaban J connectivity index is 1.29. The molecule has 6 N–H and O–H groups in total. The fourth-order valence-electron chi connectivity index (χ4n) is 6.73. The molecule has 3 aliphatic rings. The molecule has 4 aromatic heterocycles. The number of phosphoric acid groups is 2. The summed E-state index contributed by atoms with van der Waals surface area (Å²) in [6.07, 6.45) is -8.02. The minimum absolute atomic E-state index is 0.00295. The Bertz CT molecular complexity index is 2330. The lowest BCUT2D eigenvalue weighted by Gasteiger charge is -2.41. The second kappa shape index (κ2) is 15.4. The van der Waals surface area contributed by atoms with Gasteiger partial charge in [0.1, 0.15) is 42.4 Å². The molecule has 27 heteroatoms. The molecule has 0 radical (unpaired) electrons. The van der Waals surface area contributed by atoms with Gasteiger partial charge in [0.05, 0.1) is 25.9 Å². The van der Waals surface area contributed by atoms with Crippen molar-refractivity contribution in [3.05, 3.63) is 39.2 Å². The highest BCUT2D eigenvalue weighted by Crippen LogP contribution is 2.56. The Morgan fingerprint density at radius 1 is 0.750 bits per heavy atom. The lowest BCUT2D eigenvalue weighted by molar-refractivity contribution is -0.0663. The van der Waals surface area contributed by atoms with E-state index in [-0.39, 0.29) is 34.1 Å². The summed E-state index contributed by atoms with van der Waals surface area (Å²) in [5.74, 6) is 0.0758. The number of aromatic nitrogens is 8. The molecule has 10 atom stereocenters. The number of phosphoric ester groups is 2. The molecular weight excluding hydrogens is 865 g/mol. The highest BCUT2D eigenvalue weighted by atomic mass is 31.2. The number of hydrogen-bond acceptors (Lipinski definition) is 17. The van der Waals surface area contributed by atoms with Crippen LogP contribution in [0.4, 0.5) is 5.95 Å². The van der Waals surface area contributed by atoms with Gasteiger partial charge >= 0.3 is 15.6 Å². The average molecular weight is 918 g/mol.